The molecule has 0 amide bonds. The van der Waals surface area contributed by atoms with Gasteiger partial charge in [-0.3, -0.25) is 0 Å². The first-order valence-corrected chi connectivity index (χ1v) is 13.7. The Balaban J connectivity index is 1.27. The van der Waals surface area contributed by atoms with E-state index >= 15 is 0 Å². The highest BCUT2D eigenvalue weighted by Gasteiger charge is 2.21. The van der Waals surface area contributed by atoms with E-state index in [1.54, 1.807) is 6.07 Å². The van der Waals surface area contributed by atoms with Crippen molar-refractivity contribution in [3.63, 3.8) is 0 Å². The standard InChI is InChI=1S/C35H39NO3/c1-35(2,3)32-23-29(19-20-31(32)34(37)38)24-36-22-21-30-11-7-8-12-33(30)39-25-28-17-15-27(16-18-28)14-13-26-9-5-4-6-10-26/h4-12,15-20,23,36H,13-14,21-22,24-25H2,1-3H3,(H,37,38). The zero-order valence-electron chi connectivity index (χ0n) is 23.2. The van der Waals surface area contributed by atoms with Crippen LogP contribution in [0.3, 0.4) is 0 Å². The molecule has 39 heavy (non-hydrogen) atoms. The molecule has 4 nitrogen and oxygen atoms in total. The molecule has 4 heteroatoms. The average Bonchev–Trinajstić information content (AvgIpc) is 2.94. The van der Waals surface area contributed by atoms with Gasteiger partial charge in [0, 0.05) is 6.54 Å². The quantitative estimate of drug-likeness (QED) is 0.191. The van der Waals surface area contributed by atoms with Gasteiger partial charge in [-0.05, 0) is 76.7 Å². The van der Waals surface area contributed by atoms with Gasteiger partial charge in [-0.25, -0.2) is 4.79 Å². The SMILES string of the molecule is CC(C)(C)c1cc(CNCCc2ccccc2OCc2ccc(CCc3ccccc3)cc2)ccc1C(=O)O. The van der Waals surface area contributed by atoms with Crippen molar-refractivity contribution in [2.24, 2.45) is 0 Å². The van der Waals surface area contributed by atoms with Gasteiger partial charge in [-0.1, -0.05) is 106 Å². The Bertz CT molecular complexity index is 1360. The first-order valence-electron chi connectivity index (χ1n) is 13.7. The lowest BCUT2D eigenvalue weighted by atomic mass is 9.83. The highest BCUT2D eigenvalue weighted by Crippen LogP contribution is 2.27. The van der Waals surface area contributed by atoms with Gasteiger partial charge in [0.2, 0.25) is 0 Å². The third-order valence-corrected chi connectivity index (χ3v) is 6.96. The van der Waals surface area contributed by atoms with Gasteiger partial charge < -0.3 is 15.2 Å². The van der Waals surface area contributed by atoms with Gasteiger partial charge in [0.25, 0.3) is 0 Å². The zero-order chi connectivity index (χ0) is 27.7. The van der Waals surface area contributed by atoms with Crippen LogP contribution < -0.4 is 10.1 Å². The highest BCUT2D eigenvalue weighted by atomic mass is 16.5. The molecule has 0 saturated heterocycles. The van der Waals surface area contributed by atoms with Gasteiger partial charge in [0.15, 0.2) is 0 Å². The molecule has 4 aromatic carbocycles. The highest BCUT2D eigenvalue weighted by molar-refractivity contribution is 5.90. The molecule has 4 rings (SSSR count). The minimum atomic E-state index is -0.880. The van der Waals surface area contributed by atoms with Crippen molar-refractivity contribution in [3.05, 3.63) is 136 Å². The van der Waals surface area contributed by atoms with Gasteiger partial charge in [0.05, 0.1) is 5.56 Å². The van der Waals surface area contributed by atoms with Crippen LogP contribution in [0, 0.1) is 0 Å². The molecule has 0 heterocycles. The Morgan fingerprint density at radius 2 is 1.36 bits per heavy atom. The van der Waals surface area contributed by atoms with E-state index in [-0.39, 0.29) is 5.41 Å². The molecule has 0 aliphatic carbocycles. The summed E-state index contributed by atoms with van der Waals surface area (Å²) >= 11 is 0. The summed E-state index contributed by atoms with van der Waals surface area (Å²) in [5.41, 5.74) is 7.11. The average molecular weight is 522 g/mol. The van der Waals surface area contributed by atoms with Crippen LogP contribution >= 0.6 is 0 Å². The Morgan fingerprint density at radius 3 is 2.05 bits per heavy atom. The number of hydrogen-bond acceptors (Lipinski definition) is 3. The van der Waals surface area contributed by atoms with Crippen molar-refractivity contribution >= 4 is 5.97 Å². The second kappa shape index (κ2) is 13.3. The largest absolute Gasteiger partial charge is 0.489 e. The number of aromatic carboxylic acids is 1. The Morgan fingerprint density at radius 1 is 0.744 bits per heavy atom. The van der Waals surface area contributed by atoms with Crippen LogP contribution in [0.5, 0.6) is 5.75 Å². The monoisotopic (exact) mass is 521 g/mol. The van der Waals surface area contributed by atoms with Gasteiger partial charge in [0.1, 0.15) is 12.4 Å². The molecule has 0 bridgehead atoms. The lowest BCUT2D eigenvalue weighted by molar-refractivity contribution is 0.0694. The summed E-state index contributed by atoms with van der Waals surface area (Å²) in [6.07, 6.45) is 2.92. The number of carboxylic acids is 1. The number of carbonyl (C=O) groups is 1. The fraction of sp³-hybridized carbons (Fsp3) is 0.286. The zero-order valence-corrected chi connectivity index (χ0v) is 23.2. The first-order chi connectivity index (χ1) is 18.8. The predicted molar refractivity (Wildman–Crippen MR) is 159 cm³/mol. The predicted octanol–water partition coefficient (Wildman–Crippen LogP) is 7.38. The van der Waals surface area contributed by atoms with E-state index in [0.717, 1.165) is 48.2 Å². The smallest absolute Gasteiger partial charge is 0.335 e. The lowest BCUT2D eigenvalue weighted by Gasteiger charge is -2.22. The second-order valence-electron chi connectivity index (χ2n) is 11.1. The van der Waals surface area contributed by atoms with E-state index in [4.69, 9.17) is 4.74 Å². The third kappa shape index (κ3) is 8.30. The molecule has 202 valence electrons. The molecule has 0 radical (unpaired) electrons. The molecule has 0 saturated carbocycles. The summed E-state index contributed by atoms with van der Waals surface area (Å²) in [6.45, 7) is 8.15. The van der Waals surface area contributed by atoms with Gasteiger partial charge in [-0.2, -0.15) is 0 Å². The van der Waals surface area contributed by atoms with E-state index < -0.39 is 5.97 Å². The molecule has 0 aliphatic heterocycles. The van der Waals surface area contributed by atoms with Crippen LogP contribution in [-0.4, -0.2) is 17.6 Å². The molecule has 0 spiro atoms. The normalized spacial score (nSPS) is 11.4. The van der Waals surface area contributed by atoms with Crippen molar-refractivity contribution in [1.29, 1.82) is 0 Å². The first kappa shape index (κ1) is 28.1. The second-order valence-corrected chi connectivity index (χ2v) is 11.1. The maximum absolute atomic E-state index is 11.6. The number of carboxylic acid groups (broad SMARTS) is 1. The Kier molecular flexibility index (Phi) is 9.56. The molecular weight excluding hydrogens is 482 g/mol. The summed E-state index contributed by atoms with van der Waals surface area (Å²) in [4.78, 5) is 11.6. The van der Waals surface area contributed by atoms with E-state index in [2.05, 4.69) is 66.0 Å². The number of benzene rings is 4. The maximum Gasteiger partial charge on any atom is 0.335 e. The molecular formula is C35H39NO3. The van der Waals surface area contributed by atoms with Crippen LogP contribution in [-0.2, 0) is 37.8 Å². The molecule has 4 aromatic rings. The molecule has 0 unspecified atom stereocenters. The summed E-state index contributed by atoms with van der Waals surface area (Å²) in [7, 11) is 0. The number of para-hydroxylation sites is 1. The van der Waals surface area contributed by atoms with Crippen LogP contribution in [0.1, 0.15) is 64.5 Å². The van der Waals surface area contributed by atoms with Crippen molar-refractivity contribution in [2.75, 3.05) is 6.54 Å². The molecule has 0 atom stereocenters. The van der Waals surface area contributed by atoms with Crippen molar-refractivity contribution in [3.8, 4) is 5.75 Å². The number of ether oxygens (including phenoxy) is 1. The summed E-state index contributed by atoms with van der Waals surface area (Å²) in [5, 5.41) is 13.1. The fourth-order valence-electron chi connectivity index (χ4n) is 4.71. The minimum absolute atomic E-state index is 0.234. The van der Waals surface area contributed by atoms with Crippen molar-refractivity contribution in [2.45, 2.75) is 58.6 Å². The number of aryl methyl sites for hydroxylation is 2. The van der Waals surface area contributed by atoms with Crippen molar-refractivity contribution in [1.82, 2.24) is 5.32 Å². The van der Waals surface area contributed by atoms with Crippen LogP contribution in [0.15, 0.2) is 97.1 Å². The summed E-state index contributed by atoms with van der Waals surface area (Å²) in [5.74, 6) is 0.0309. The van der Waals surface area contributed by atoms with E-state index in [1.165, 1.54) is 16.7 Å². The topological polar surface area (TPSA) is 58.6 Å². The fourth-order valence-corrected chi connectivity index (χ4v) is 4.71. The van der Waals surface area contributed by atoms with Crippen molar-refractivity contribution < 1.29 is 14.6 Å². The maximum atomic E-state index is 11.6. The minimum Gasteiger partial charge on any atom is -0.489 e. The molecule has 0 fully saturated rings. The van der Waals surface area contributed by atoms with Gasteiger partial charge >= 0.3 is 5.97 Å². The van der Waals surface area contributed by atoms with E-state index in [1.807, 2.05) is 51.1 Å². The Hall–Kier alpha value is -3.89. The number of nitrogens with one attached hydrogen (secondary N) is 1. The van der Waals surface area contributed by atoms with Crippen LogP contribution in [0.25, 0.3) is 0 Å². The van der Waals surface area contributed by atoms with Crippen LogP contribution in [0.4, 0.5) is 0 Å². The number of hydrogen-bond donors (Lipinski definition) is 2. The number of rotatable bonds is 12. The molecule has 0 aromatic heterocycles. The van der Waals surface area contributed by atoms with Crippen LogP contribution in [0.2, 0.25) is 0 Å². The summed E-state index contributed by atoms with van der Waals surface area (Å²) < 4.78 is 6.21. The summed E-state index contributed by atoms with van der Waals surface area (Å²) in [6, 6.07) is 33.1. The Labute approximate surface area is 232 Å². The molecule has 0 aliphatic rings. The van der Waals surface area contributed by atoms with E-state index in [0.29, 0.717) is 18.7 Å². The third-order valence-electron chi connectivity index (χ3n) is 6.96. The van der Waals surface area contributed by atoms with Gasteiger partial charge in [-0.15, -0.1) is 0 Å². The lowest BCUT2D eigenvalue weighted by Crippen LogP contribution is -2.20. The van der Waals surface area contributed by atoms with E-state index in [9.17, 15) is 9.90 Å². The molecule has 2 N–H and O–H groups in total.